The Bertz CT molecular complexity index is 1850. The third-order valence-electron chi connectivity index (χ3n) is 12.7. The predicted molar refractivity (Wildman–Crippen MR) is 227 cm³/mol. The van der Waals surface area contributed by atoms with E-state index in [2.05, 4.69) is 21.3 Å². The summed E-state index contributed by atoms with van der Waals surface area (Å²) in [5, 5.41) is 32.2. The van der Waals surface area contributed by atoms with E-state index in [1.807, 2.05) is 61.2 Å². The van der Waals surface area contributed by atoms with E-state index in [0.29, 0.717) is 43.6 Å². The van der Waals surface area contributed by atoms with Crippen molar-refractivity contribution in [2.45, 2.75) is 89.6 Å². The Balaban J connectivity index is 0.000000199. The molecule has 2 aliphatic heterocycles. The van der Waals surface area contributed by atoms with Crippen LogP contribution in [0.3, 0.4) is 0 Å². The van der Waals surface area contributed by atoms with Gasteiger partial charge in [-0.15, -0.1) is 12.4 Å². The second-order valence-electron chi connectivity index (χ2n) is 17.3. The number of halogens is 1. The molecule has 6 fully saturated rings. The van der Waals surface area contributed by atoms with Crippen LogP contribution >= 0.6 is 12.4 Å². The number of aliphatic hydroxyl groups excluding tert-OH is 1. The molecule has 6 aliphatic rings. The number of nitrogens with one attached hydrogen (secondary N) is 4. The highest BCUT2D eigenvalue weighted by Gasteiger charge is 2.51. The lowest BCUT2D eigenvalue weighted by atomic mass is 9.49. The number of methoxy groups -OCH3 is 1. The van der Waals surface area contributed by atoms with E-state index < -0.39 is 6.10 Å². The van der Waals surface area contributed by atoms with Gasteiger partial charge in [-0.1, -0.05) is 24.3 Å². The van der Waals surface area contributed by atoms with Crippen molar-refractivity contribution >= 4 is 42.0 Å². The van der Waals surface area contributed by atoms with Crippen LogP contribution in [0.2, 0.25) is 0 Å². The molecule has 6 N–H and O–H groups in total. The van der Waals surface area contributed by atoms with Crippen LogP contribution < -0.4 is 26.0 Å². The van der Waals surface area contributed by atoms with Gasteiger partial charge < -0.3 is 45.9 Å². The van der Waals surface area contributed by atoms with Crippen molar-refractivity contribution in [2.24, 2.45) is 23.2 Å². The minimum Gasteiger partial charge on any atom is -0.506 e. The number of phenols is 1. The van der Waals surface area contributed by atoms with E-state index in [-0.39, 0.29) is 59.3 Å². The van der Waals surface area contributed by atoms with Crippen molar-refractivity contribution in [1.82, 2.24) is 15.5 Å². The fraction of sp³-hybridized carbons (Fsp3) is 0.533. The SMILES string of the molecule is COc1ccc(C[C@@H](C)NC[C@H](O)c2ccc(O)c(NC=O)c2)cc1.Cc1ccc(C(=O)N2C[C@H]3CNC[C@@H](C2)O3)cc1NC(=O)CC12CC3CC(CC(C3)C1)C2.Cl. The van der Waals surface area contributed by atoms with Crippen LogP contribution in [0.1, 0.15) is 85.0 Å². The van der Waals surface area contributed by atoms with Crippen molar-refractivity contribution < 1.29 is 34.1 Å². The molecule has 0 aromatic heterocycles. The number of hydrogen-bond acceptors (Lipinski definition) is 9. The van der Waals surface area contributed by atoms with Crippen LogP contribution in [-0.2, 0) is 20.7 Å². The van der Waals surface area contributed by atoms with Crippen molar-refractivity contribution in [3.8, 4) is 11.5 Å². The highest BCUT2D eigenvalue weighted by Crippen LogP contribution is 2.61. The number of ether oxygens (including phenoxy) is 2. The first-order valence-electron chi connectivity index (χ1n) is 20.6. The van der Waals surface area contributed by atoms with Crippen molar-refractivity contribution in [1.29, 1.82) is 0 Å². The molecule has 4 atom stereocenters. The Hall–Kier alpha value is -4.20. The van der Waals surface area contributed by atoms with E-state index in [0.717, 1.165) is 54.3 Å². The monoisotopic (exact) mass is 817 g/mol. The van der Waals surface area contributed by atoms with Gasteiger partial charge >= 0.3 is 0 Å². The Kier molecular flexibility index (Phi) is 14.4. The number of anilines is 2. The zero-order valence-corrected chi connectivity index (χ0v) is 34.7. The number of aliphatic hydroxyl groups is 1. The lowest BCUT2D eigenvalue weighted by molar-refractivity contribution is -0.124. The summed E-state index contributed by atoms with van der Waals surface area (Å²) in [5.41, 5.74) is 4.72. The first-order valence-corrected chi connectivity index (χ1v) is 20.6. The number of carbonyl (C=O) groups excluding carboxylic acids is 3. The smallest absolute Gasteiger partial charge is 0.254 e. The van der Waals surface area contributed by atoms with Crippen LogP contribution in [0.4, 0.5) is 11.4 Å². The van der Waals surface area contributed by atoms with Gasteiger partial charge in [0.2, 0.25) is 12.3 Å². The average Bonchev–Trinajstić information content (AvgIpc) is 3.18. The molecule has 58 heavy (non-hydrogen) atoms. The zero-order valence-electron chi connectivity index (χ0n) is 33.9. The molecule has 314 valence electrons. The normalized spacial score (nSPS) is 26.3. The summed E-state index contributed by atoms with van der Waals surface area (Å²) < 4.78 is 11.1. The first kappa shape index (κ1) is 43.4. The summed E-state index contributed by atoms with van der Waals surface area (Å²) in [5.74, 6) is 3.48. The van der Waals surface area contributed by atoms with Crippen molar-refractivity contribution in [2.75, 3.05) is 50.5 Å². The first-order chi connectivity index (χ1) is 27.5. The average molecular weight is 818 g/mol. The van der Waals surface area contributed by atoms with Crippen molar-refractivity contribution in [3.63, 3.8) is 0 Å². The fourth-order valence-electron chi connectivity index (χ4n) is 10.4. The van der Waals surface area contributed by atoms with Gasteiger partial charge in [-0.05, 0) is 135 Å². The molecule has 3 amide bonds. The molecule has 12 nitrogen and oxygen atoms in total. The second kappa shape index (κ2) is 19.2. The molecule has 9 rings (SSSR count). The standard InChI is InChI=1S/C26H35N3O3.C19H24N2O4.ClH/c1-16-2-3-20(25(31)29-14-21-12-27-13-22(15-29)32-21)7-23(16)28-24(30)11-26-8-17-4-18(9-26)6-19(5-17)10-26;1-13(9-14-3-6-16(25-2)7-4-14)20-11-19(24)15-5-8-18(23)17(10-15)21-12-22;/h2-3,7,17-19,21-22,27H,4-6,8-15H2,1H3,(H,28,30);3-8,10,12-13,19-20,23-24H,9,11H2,1-2H3,(H,21,22);1H/t17?,18?,19?,21-,22+,26?;13-,19+;/m.1./s1. The molecule has 2 saturated heterocycles. The number of aryl methyl sites for hydroxylation is 1. The molecule has 4 saturated carbocycles. The molecule has 3 aromatic carbocycles. The molecule has 13 heteroatoms. The number of carbonyl (C=O) groups is 3. The Morgan fingerprint density at radius 1 is 0.966 bits per heavy atom. The lowest BCUT2D eigenvalue weighted by Crippen LogP contribution is -2.59. The number of phenolic OH excluding ortho intramolecular Hbond substituents is 1. The zero-order chi connectivity index (χ0) is 40.1. The number of nitrogens with zero attached hydrogens (tertiary/aromatic N) is 1. The fourth-order valence-corrected chi connectivity index (χ4v) is 10.4. The number of benzene rings is 3. The van der Waals surface area contributed by atoms with E-state index in [9.17, 15) is 24.6 Å². The summed E-state index contributed by atoms with van der Waals surface area (Å²) in [6.45, 7) is 7.22. The van der Waals surface area contributed by atoms with Gasteiger partial charge in [0.1, 0.15) is 11.5 Å². The van der Waals surface area contributed by atoms with Gasteiger partial charge in [-0.2, -0.15) is 0 Å². The van der Waals surface area contributed by atoms with Crippen LogP contribution in [0.25, 0.3) is 0 Å². The van der Waals surface area contributed by atoms with Gasteiger partial charge in [0.25, 0.3) is 5.91 Å². The number of hydrogen-bond donors (Lipinski definition) is 6. The second-order valence-corrected chi connectivity index (χ2v) is 17.3. The largest absolute Gasteiger partial charge is 0.506 e. The molecule has 4 aliphatic carbocycles. The summed E-state index contributed by atoms with van der Waals surface area (Å²) in [6, 6.07) is 18.4. The molecule has 0 radical (unpaired) electrons. The Labute approximate surface area is 348 Å². The number of amides is 3. The van der Waals surface area contributed by atoms with Gasteiger partial charge in [0.05, 0.1) is 31.1 Å². The number of morpholine rings is 2. The molecule has 2 heterocycles. The predicted octanol–water partition coefficient (Wildman–Crippen LogP) is 6.00. The van der Waals surface area contributed by atoms with Crippen molar-refractivity contribution in [3.05, 3.63) is 82.9 Å². The van der Waals surface area contributed by atoms with E-state index >= 15 is 0 Å². The number of fused-ring (bicyclic) bond motifs is 2. The number of rotatable bonds is 13. The minimum atomic E-state index is -0.744. The lowest BCUT2D eigenvalue weighted by Gasteiger charge is -2.56. The summed E-state index contributed by atoms with van der Waals surface area (Å²) in [4.78, 5) is 38.8. The van der Waals surface area contributed by atoms with Crippen LogP contribution in [0.5, 0.6) is 11.5 Å². The Morgan fingerprint density at radius 3 is 2.24 bits per heavy atom. The highest BCUT2D eigenvalue weighted by atomic mass is 35.5. The van der Waals surface area contributed by atoms with Gasteiger partial charge in [0, 0.05) is 56.4 Å². The molecule has 6 bridgehead atoms. The summed E-state index contributed by atoms with van der Waals surface area (Å²) in [6.07, 6.45) is 9.21. The van der Waals surface area contributed by atoms with Gasteiger partial charge in [0.15, 0.2) is 0 Å². The van der Waals surface area contributed by atoms with E-state index in [4.69, 9.17) is 9.47 Å². The molecule has 3 aromatic rings. The highest BCUT2D eigenvalue weighted by molar-refractivity contribution is 5.98. The molecular formula is C45H60ClN5O7. The molecule has 0 unspecified atom stereocenters. The van der Waals surface area contributed by atoms with Gasteiger partial charge in [-0.3, -0.25) is 14.4 Å². The number of aromatic hydroxyl groups is 1. The van der Waals surface area contributed by atoms with E-state index in [1.54, 1.807) is 19.2 Å². The topological polar surface area (TPSA) is 161 Å². The van der Waals surface area contributed by atoms with E-state index in [1.165, 1.54) is 50.2 Å². The van der Waals surface area contributed by atoms with Crippen LogP contribution in [-0.4, -0.2) is 91.4 Å². The maximum atomic E-state index is 13.2. The van der Waals surface area contributed by atoms with Crippen LogP contribution in [0, 0.1) is 30.1 Å². The third kappa shape index (κ3) is 10.7. The minimum absolute atomic E-state index is 0. The maximum Gasteiger partial charge on any atom is 0.254 e. The molecule has 0 spiro atoms. The maximum absolute atomic E-state index is 13.2. The quantitative estimate of drug-likeness (QED) is 0.0899. The Morgan fingerprint density at radius 2 is 1.62 bits per heavy atom. The summed E-state index contributed by atoms with van der Waals surface area (Å²) >= 11 is 0. The molecular weight excluding hydrogens is 758 g/mol. The third-order valence-corrected chi connectivity index (χ3v) is 12.7. The summed E-state index contributed by atoms with van der Waals surface area (Å²) in [7, 11) is 1.64. The van der Waals surface area contributed by atoms with Gasteiger partial charge in [-0.25, -0.2) is 0 Å². The van der Waals surface area contributed by atoms with Crippen LogP contribution in [0.15, 0.2) is 60.7 Å².